The molecule has 0 aliphatic heterocycles. The maximum Gasteiger partial charge on any atom is -0.0170 e. The van der Waals surface area contributed by atoms with E-state index in [0.29, 0.717) is 0 Å². The van der Waals surface area contributed by atoms with Crippen LogP contribution in [0.25, 0.3) is 0 Å². The van der Waals surface area contributed by atoms with Crippen molar-refractivity contribution in [3.05, 3.63) is 0 Å². The van der Waals surface area contributed by atoms with Crippen LogP contribution in [0.1, 0.15) is 71.1 Å². The molecule has 1 aliphatic carbocycles. The summed E-state index contributed by atoms with van der Waals surface area (Å²) in [6.45, 7) is 2.29. The van der Waals surface area contributed by atoms with Gasteiger partial charge in [-0.1, -0.05) is 60.5 Å². The van der Waals surface area contributed by atoms with E-state index in [-0.39, 0.29) is 0 Å². The van der Waals surface area contributed by atoms with Crippen LogP contribution in [0, 0.1) is 0 Å². The lowest BCUT2D eigenvalue weighted by atomic mass is 10.1. The van der Waals surface area contributed by atoms with Gasteiger partial charge in [-0.25, -0.2) is 0 Å². The number of hydrogen-bond acceptors (Lipinski definition) is 0. The van der Waals surface area contributed by atoms with Gasteiger partial charge in [-0.15, -0.1) is 0 Å². The fraction of sp³-hybridized carbons (Fsp3) is 1.00. The van der Waals surface area contributed by atoms with Crippen LogP contribution >= 0.6 is 8.58 Å². The van der Waals surface area contributed by atoms with Gasteiger partial charge in [0.25, 0.3) is 0 Å². The van der Waals surface area contributed by atoms with Gasteiger partial charge >= 0.3 is 0 Å². The van der Waals surface area contributed by atoms with Crippen molar-refractivity contribution in [3.63, 3.8) is 0 Å². The molecule has 0 aromatic carbocycles. The van der Waals surface area contributed by atoms with Crippen LogP contribution in [-0.2, 0) is 0 Å². The molecule has 0 nitrogen and oxygen atoms in total. The lowest BCUT2D eigenvalue weighted by molar-refractivity contribution is 0.586. The highest BCUT2D eigenvalue weighted by atomic mass is 31.1. The van der Waals surface area contributed by atoms with Crippen LogP contribution in [0.5, 0.6) is 0 Å². The first-order valence-electron chi connectivity index (χ1n) is 6.60. The summed E-state index contributed by atoms with van der Waals surface area (Å²) in [4.78, 5) is 0. The molecule has 0 unspecified atom stereocenters. The van der Waals surface area contributed by atoms with E-state index in [2.05, 4.69) is 6.92 Å². The molecular weight excluding hydrogens is 187 g/mol. The smallest absolute Gasteiger partial charge is 0.0170 e. The monoisotopic (exact) mass is 213 g/mol. The quantitative estimate of drug-likeness (QED) is 0.344. The first kappa shape index (κ1) is 12.5. The van der Waals surface area contributed by atoms with Gasteiger partial charge < -0.3 is 0 Å². The van der Waals surface area contributed by atoms with Crippen molar-refractivity contribution in [3.8, 4) is 0 Å². The zero-order chi connectivity index (χ0) is 10.1. The Morgan fingerprint density at radius 1 is 0.857 bits per heavy atom. The molecule has 1 saturated carbocycles. The van der Waals surface area contributed by atoms with Gasteiger partial charge in [0.05, 0.1) is 0 Å². The third-order valence-corrected chi connectivity index (χ3v) is 4.55. The molecular formula is C13H26P. The Labute approximate surface area is 92.0 Å². The second kappa shape index (κ2) is 8.72. The topological polar surface area (TPSA) is 0 Å². The van der Waals surface area contributed by atoms with Gasteiger partial charge in [0.1, 0.15) is 0 Å². The van der Waals surface area contributed by atoms with E-state index in [9.17, 15) is 0 Å². The van der Waals surface area contributed by atoms with Crippen LogP contribution in [0.4, 0.5) is 0 Å². The standard InChI is InChI=1S/C13H26P/c1-2-3-4-5-6-7-8-9-12-14-13-10-11-13/h13H,2-12H2,1H3. The highest BCUT2D eigenvalue weighted by Gasteiger charge is 2.20. The molecule has 0 aromatic rings. The molecule has 0 amide bonds. The number of hydrogen-bond donors (Lipinski definition) is 0. The Morgan fingerprint density at radius 3 is 2.00 bits per heavy atom. The predicted octanol–water partition coefficient (Wildman–Crippen LogP) is 5.24. The summed E-state index contributed by atoms with van der Waals surface area (Å²) in [6.07, 6.45) is 16.3. The predicted molar refractivity (Wildman–Crippen MR) is 67.4 cm³/mol. The molecule has 1 fully saturated rings. The summed E-state index contributed by atoms with van der Waals surface area (Å²) >= 11 is 0. The van der Waals surface area contributed by atoms with E-state index in [1.807, 2.05) is 0 Å². The summed E-state index contributed by atoms with van der Waals surface area (Å²) in [5.74, 6) is 0. The molecule has 83 valence electrons. The molecule has 14 heavy (non-hydrogen) atoms. The zero-order valence-corrected chi connectivity index (χ0v) is 10.7. The van der Waals surface area contributed by atoms with Crippen molar-refractivity contribution in [2.75, 3.05) is 6.16 Å². The highest BCUT2D eigenvalue weighted by molar-refractivity contribution is 7.39. The minimum absolute atomic E-state index is 1.12. The van der Waals surface area contributed by atoms with Gasteiger partial charge in [0.15, 0.2) is 0 Å². The lowest BCUT2D eigenvalue weighted by Gasteiger charge is -2.01. The van der Waals surface area contributed by atoms with Crippen LogP contribution in [0.3, 0.4) is 0 Å². The van der Waals surface area contributed by atoms with Crippen molar-refractivity contribution in [2.45, 2.75) is 76.8 Å². The molecule has 0 spiro atoms. The molecule has 1 radical (unpaired) electrons. The molecule has 1 aliphatic rings. The lowest BCUT2D eigenvalue weighted by Crippen LogP contribution is -1.83. The van der Waals surface area contributed by atoms with Gasteiger partial charge in [-0.05, 0) is 31.1 Å². The second-order valence-electron chi connectivity index (χ2n) is 4.61. The van der Waals surface area contributed by atoms with Crippen LogP contribution in [0.15, 0.2) is 0 Å². The Bertz CT molecular complexity index is 118. The fourth-order valence-corrected chi connectivity index (χ4v) is 3.06. The molecule has 1 rings (SSSR count). The van der Waals surface area contributed by atoms with Crippen LogP contribution < -0.4 is 0 Å². The third-order valence-electron chi connectivity index (χ3n) is 2.95. The molecule has 0 heterocycles. The van der Waals surface area contributed by atoms with Crippen molar-refractivity contribution >= 4 is 8.58 Å². The SMILES string of the molecule is CCCCCCCCCC[P]C1CC1. The van der Waals surface area contributed by atoms with E-state index in [0.717, 1.165) is 5.66 Å². The summed E-state index contributed by atoms with van der Waals surface area (Å²) in [6, 6.07) is 0. The van der Waals surface area contributed by atoms with Crippen molar-refractivity contribution < 1.29 is 0 Å². The Morgan fingerprint density at radius 2 is 1.43 bits per heavy atom. The first-order valence-corrected chi connectivity index (χ1v) is 7.75. The van der Waals surface area contributed by atoms with E-state index >= 15 is 0 Å². The third kappa shape index (κ3) is 7.80. The average molecular weight is 213 g/mol. The molecule has 0 N–H and O–H groups in total. The minimum atomic E-state index is 1.12. The van der Waals surface area contributed by atoms with Crippen molar-refractivity contribution in [1.82, 2.24) is 0 Å². The van der Waals surface area contributed by atoms with E-state index in [1.165, 1.54) is 70.4 Å². The van der Waals surface area contributed by atoms with E-state index in [4.69, 9.17) is 0 Å². The molecule has 0 atom stereocenters. The summed E-state index contributed by atoms with van der Waals surface area (Å²) in [5, 5.41) is 0. The average Bonchev–Trinajstić information content (AvgIpc) is 2.99. The fourth-order valence-electron chi connectivity index (χ4n) is 1.78. The maximum atomic E-state index is 2.29. The second-order valence-corrected chi connectivity index (χ2v) is 6.15. The van der Waals surface area contributed by atoms with Crippen molar-refractivity contribution in [2.24, 2.45) is 0 Å². The molecule has 0 aromatic heterocycles. The Kier molecular flexibility index (Phi) is 7.78. The zero-order valence-electron chi connectivity index (χ0n) is 9.80. The highest BCUT2D eigenvalue weighted by Crippen LogP contribution is 2.39. The normalized spacial score (nSPS) is 16.9. The van der Waals surface area contributed by atoms with Crippen LogP contribution in [0.2, 0.25) is 0 Å². The molecule has 1 heteroatoms. The minimum Gasteiger partial charge on any atom is -0.0775 e. The summed E-state index contributed by atoms with van der Waals surface area (Å²) < 4.78 is 0. The molecule has 0 bridgehead atoms. The Hall–Kier alpha value is 0.430. The van der Waals surface area contributed by atoms with Gasteiger partial charge in [-0.3, -0.25) is 0 Å². The van der Waals surface area contributed by atoms with Gasteiger partial charge in [-0.2, -0.15) is 0 Å². The number of unbranched alkanes of at least 4 members (excludes halogenated alkanes) is 7. The summed E-state index contributed by atoms with van der Waals surface area (Å²) in [5.41, 5.74) is 1.12. The Balaban J connectivity index is 1.63. The number of rotatable bonds is 10. The van der Waals surface area contributed by atoms with Crippen LogP contribution in [-0.4, -0.2) is 11.8 Å². The summed E-state index contributed by atoms with van der Waals surface area (Å²) in [7, 11) is 1.76. The molecule has 0 saturated heterocycles. The largest absolute Gasteiger partial charge is 0.0775 e. The van der Waals surface area contributed by atoms with Gasteiger partial charge in [0, 0.05) is 0 Å². The maximum absolute atomic E-state index is 2.29. The van der Waals surface area contributed by atoms with Crippen molar-refractivity contribution in [1.29, 1.82) is 0 Å². The van der Waals surface area contributed by atoms with Gasteiger partial charge in [0.2, 0.25) is 0 Å². The first-order chi connectivity index (χ1) is 6.93. The van der Waals surface area contributed by atoms with E-state index in [1.54, 1.807) is 8.58 Å². The van der Waals surface area contributed by atoms with E-state index < -0.39 is 0 Å².